The highest BCUT2D eigenvalue weighted by Crippen LogP contribution is 2.29. The first-order chi connectivity index (χ1) is 9.91. The third-order valence-electron chi connectivity index (χ3n) is 3.93. The molecule has 1 aromatic rings. The van der Waals surface area contributed by atoms with Crippen LogP contribution in [0.3, 0.4) is 0 Å². The summed E-state index contributed by atoms with van der Waals surface area (Å²) in [6, 6.07) is 7.52. The van der Waals surface area contributed by atoms with Crippen LogP contribution in [0.2, 0.25) is 0 Å². The van der Waals surface area contributed by atoms with Crippen LogP contribution in [0.1, 0.15) is 45.6 Å². The summed E-state index contributed by atoms with van der Waals surface area (Å²) >= 11 is 0. The molecule has 1 unspecified atom stereocenters. The van der Waals surface area contributed by atoms with E-state index in [-0.39, 0.29) is 17.7 Å². The SMILES string of the molecule is CC(C)c1ccccc1N1CCC(=O)NC(C(C)C)C1=O. The maximum Gasteiger partial charge on any atom is 0.249 e. The second kappa shape index (κ2) is 6.29. The lowest BCUT2D eigenvalue weighted by atomic mass is 9.98. The van der Waals surface area contributed by atoms with E-state index in [0.29, 0.717) is 18.9 Å². The Morgan fingerprint density at radius 2 is 1.81 bits per heavy atom. The van der Waals surface area contributed by atoms with Crippen LogP contribution in [-0.2, 0) is 9.59 Å². The van der Waals surface area contributed by atoms with Crippen LogP contribution in [0.15, 0.2) is 24.3 Å². The summed E-state index contributed by atoms with van der Waals surface area (Å²) in [5, 5.41) is 2.85. The topological polar surface area (TPSA) is 49.4 Å². The van der Waals surface area contributed by atoms with Crippen molar-refractivity contribution in [2.45, 2.75) is 46.1 Å². The number of hydrogen-bond donors (Lipinski definition) is 1. The molecule has 2 amide bonds. The van der Waals surface area contributed by atoms with Crippen molar-refractivity contribution in [1.29, 1.82) is 0 Å². The van der Waals surface area contributed by atoms with Crippen LogP contribution < -0.4 is 10.2 Å². The Morgan fingerprint density at radius 3 is 2.43 bits per heavy atom. The molecule has 0 aliphatic carbocycles. The molecule has 1 aliphatic heterocycles. The van der Waals surface area contributed by atoms with Gasteiger partial charge in [-0.3, -0.25) is 9.59 Å². The second-order valence-electron chi connectivity index (χ2n) is 6.24. The number of hydrogen-bond acceptors (Lipinski definition) is 2. The van der Waals surface area contributed by atoms with Crippen molar-refractivity contribution in [2.75, 3.05) is 11.4 Å². The average molecular weight is 288 g/mol. The number of carbonyl (C=O) groups excluding carboxylic acids is 2. The minimum absolute atomic E-state index is 0.0102. The van der Waals surface area contributed by atoms with E-state index < -0.39 is 6.04 Å². The van der Waals surface area contributed by atoms with E-state index in [2.05, 4.69) is 25.2 Å². The quantitative estimate of drug-likeness (QED) is 0.929. The standard InChI is InChI=1S/C17H24N2O2/c1-11(2)13-7-5-6-8-14(13)19-10-9-15(20)18-16(12(3)4)17(19)21/h5-8,11-12,16H,9-10H2,1-4H3,(H,18,20). The van der Waals surface area contributed by atoms with Gasteiger partial charge in [-0.2, -0.15) is 0 Å². The third-order valence-corrected chi connectivity index (χ3v) is 3.93. The van der Waals surface area contributed by atoms with Gasteiger partial charge in [0.05, 0.1) is 0 Å². The van der Waals surface area contributed by atoms with Crippen molar-refractivity contribution >= 4 is 17.5 Å². The Kier molecular flexibility index (Phi) is 4.66. The summed E-state index contributed by atoms with van der Waals surface area (Å²) < 4.78 is 0. The van der Waals surface area contributed by atoms with Crippen LogP contribution in [0, 0.1) is 5.92 Å². The van der Waals surface area contributed by atoms with Crippen molar-refractivity contribution in [3.8, 4) is 0 Å². The van der Waals surface area contributed by atoms with E-state index in [0.717, 1.165) is 11.3 Å². The van der Waals surface area contributed by atoms with Crippen molar-refractivity contribution in [3.05, 3.63) is 29.8 Å². The molecule has 1 aromatic carbocycles. The first kappa shape index (κ1) is 15.5. The van der Waals surface area contributed by atoms with Crippen molar-refractivity contribution in [3.63, 3.8) is 0 Å². The Bertz CT molecular complexity index is 537. The van der Waals surface area contributed by atoms with Gasteiger partial charge < -0.3 is 10.2 Å². The fourth-order valence-electron chi connectivity index (χ4n) is 2.71. The number of rotatable bonds is 3. The van der Waals surface area contributed by atoms with Crippen LogP contribution in [0.4, 0.5) is 5.69 Å². The lowest BCUT2D eigenvalue weighted by Crippen LogP contribution is -2.48. The highest BCUT2D eigenvalue weighted by atomic mass is 16.2. The number of para-hydroxylation sites is 1. The lowest BCUT2D eigenvalue weighted by molar-refractivity contribution is -0.126. The largest absolute Gasteiger partial charge is 0.344 e. The first-order valence-electron chi connectivity index (χ1n) is 7.61. The predicted octanol–water partition coefficient (Wildman–Crippen LogP) is 2.69. The van der Waals surface area contributed by atoms with Crippen molar-refractivity contribution in [1.82, 2.24) is 5.32 Å². The van der Waals surface area contributed by atoms with Crippen LogP contribution in [-0.4, -0.2) is 24.4 Å². The third kappa shape index (κ3) is 3.26. The molecule has 0 radical (unpaired) electrons. The summed E-state index contributed by atoms with van der Waals surface area (Å²) in [5.74, 6) is 0.349. The molecule has 1 heterocycles. The van der Waals surface area contributed by atoms with Crippen molar-refractivity contribution < 1.29 is 9.59 Å². The number of anilines is 1. The average Bonchev–Trinajstić information content (AvgIpc) is 2.58. The molecule has 1 fully saturated rings. The molecule has 0 aromatic heterocycles. The smallest absolute Gasteiger partial charge is 0.249 e. The monoisotopic (exact) mass is 288 g/mol. The number of nitrogens with zero attached hydrogens (tertiary/aromatic N) is 1. The minimum Gasteiger partial charge on any atom is -0.344 e. The second-order valence-corrected chi connectivity index (χ2v) is 6.24. The fraction of sp³-hybridized carbons (Fsp3) is 0.529. The molecule has 21 heavy (non-hydrogen) atoms. The zero-order chi connectivity index (χ0) is 15.6. The van der Waals surface area contributed by atoms with E-state index >= 15 is 0 Å². The minimum atomic E-state index is -0.444. The van der Waals surface area contributed by atoms with Gasteiger partial charge in [-0.25, -0.2) is 0 Å². The highest BCUT2D eigenvalue weighted by molar-refractivity contribution is 6.01. The van der Waals surface area contributed by atoms with Crippen LogP contribution in [0.5, 0.6) is 0 Å². The molecule has 1 atom stereocenters. The zero-order valence-electron chi connectivity index (χ0n) is 13.2. The number of carbonyl (C=O) groups is 2. The van der Waals surface area contributed by atoms with Gasteiger partial charge in [0, 0.05) is 18.7 Å². The summed E-state index contributed by atoms with van der Waals surface area (Å²) in [6.45, 7) is 8.59. The van der Waals surface area contributed by atoms with Gasteiger partial charge in [-0.1, -0.05) is 45.9 Å². The van der Waals surface area contributed by atoms with Crippen LogP contribution >= 0.6 is 0 Å². The molecular formula is C17H24N2O2. The van der Waals surface area contributed by atoms with Gasteiger partial charge in [-0.05, 0) is 23.5 Å². The number of amides is 2. The lowest BCUT2D eigenvalue weighted by Gasteiger charge is -2.28. The molecule has 4 nitrogen and oxygen atoms in total. The molecule has 2 rings (SSSR count). The number of benzene rings is 1. The molecule has 0 spiro atoms. The van der Waals surface area contributed by atoms with Crippen molar-refractivity contribution in [2.24, 2.45) is 5.92 Å². The van der Waals surface area contributed by atoms with E-state index in [1.54, 1.807) is 4.90 Å². The summed E-state index contributed by atoms with van der Waals surface area (Å²) in [6.07, 6.45) is 0.349. The maximum atomic E-state index is 12.8. The van der Waals surface area contributed by atoms with E-state index in [9.17, 15) is 9.59 Å². The Morgan fingerprint density at radius 1 is 1.14 bits per heavy atom. The van der Waals surface area contributed by atoms with Gasteiger partial charge >= 0.3 is 0 Å². The molecule has 1 saturated heterocycles. The molecule has 1 N–H and O–H groups in total. The van der Waals surface area contributed by atoms with Gasteiger partial charge in [0.15, 0.2) is 0 Å². The molecular weight excluding hydrogens is 264 g/mol. The van der Waals surface area contributed by atoms with Gasteiger partial charge in [-0.15, -0.1) is 0 Å². The molecule has 4 heteroatoms. The van der Waals surface area contributed by atoms with E-state index in [1.165, 1.54) is 0 Å². The summed E-state index contributed by atoms with van der Waals surface area (Å²) in [5.41, 5.74) is 2.07. The first-order valence-corrected chi connectivity index (χ1v) is 7.61. The Labute approximate surface area is 126 Å². The van der Waals surface area contributed by atoms with Crippen LogP contribution in [0.25, 0.3) is 0 Å². The van der Waals surface area contributed by atoms with E-state index in [4.69, 9.17) is 0 Å². The molecule has 0 saturated carbocycles. The zero-order valence-corrected chi connectivity index (χ0v) is 13.2. The normalized spacial score (nSPS) is 19.9. The Hall–Kier alpha value is -1.84. The number of nitrogens with one attached hydrogen (secondary N) is 1. The van der Waals surface area contributed by atoms with E-state index in [1.807, 2.05) is 32.0 Å². The Balaban J connectivity index is 2.42. The summed E-state index contributed by atoms with van der Waals surface area (Å²) in [7, 11) is 0. The maximum absolute atomic E-state index is 12.8. The van der Waals surface area contributed by atoms with Gasteiger partial charge in [0.2, 0.25) is 11.8 Å². The fourth-order valence-corrected chi connectivity index (χ4v) is 2.71. The summed E-state index contributed by atoms with van der Waals surface area (Å²) in [4.78, 5) is 26.4. The van der Waals surface area contributed by atoms with Gasteiger partial charge in [0.25, 0.3) is 0 Å². The molecule has 0 bridgehead atoms. The van der Waals surface area contributed by atoms with Gasteiger partial charge in [0.1, 0.15) is 6.04 Å². The molecule has 114 valence electrons. The highest BCUT2D eigenvalue weighted by Gasteiger charge is 2.33. The predicted molar refractivity (Wildman–Crippen MR) is 84.3 cm³/mol. The molecule has 1 aliphatic rings.